The molecule has 1 aliphatic heterocycles. The number of methoxy groups -OCH3 is 1. The minimum absolute atomic E-state index is 0.211. The van der Waals surface area contributed by atoms with Crippen LogP contribution in [0.4, 0.5) is 4.39 Å². The zero-order chi connectivity index (χ0) is 14.1. The highest BCUT2D eigenvalue weighted by Crippen LogP contribution is 2.32. The fraction of sp³-hybridized carbons (Fsp3) is 0.267. The molecule has 0 amide bonds. The maximum atomic E-state index is 12.9. The van der Waals surface area contributed by atoms with Crippen LogP contribution in [-0.4, -0.2) is 18.0 Å². The number of halogens is 1. The van der Waals surface area contributed by atoms with Crippen LogP contribution in [0.1, 0.15) is 25.7 Å². The molecule has 104 valence electrons. The van der Waals surface area contributed by atoms with Gasteiger partial charge in [0.15, 0.2) is 0 Å². The van der Waals surface area contributed by atoms with Gasteiger partial charge in [0.1, 0.15) is 10.7 Å². The number of thiophene rings is 1. The standard InChI is InChI=1S/C15H14FNO2S/c1-19-15(18)13-6-11-8-17(9-14(11)20-13)7-10-2-4-12(16)5-3-10/h2-6H,7-9H2,1H3. The predicted molar refractivity (Wildman–Crippen MR) is 75.0 cm³/mol. The quantitative estimate of drug-likeness (QED) is 0.813. The van der Waals surface area contributed by atoms with E-state index in [0.717, 1.165) is 25.2 Å². The first kappa shape index (κ1) is 13.3. The van der Waals surface area contributed by atoms with Gasteiger partial charge in [-0.1, -0.05) is 12.1 Å². The van der Waals surface area contributed by atoms with Crippen molar-refractivity contribution in [3.8, 4) is 0 Å². The van der Waals surface area contributed by atoms with Gasteiger partial charge in [-0.3, -0.25) is 4.90 Å². The molecule has 20 heavy (non-hydrogen) atoms. The molecule has 0 spiro atoms. The minimum atomic E-state index is -0.269. The second-order valence-electron chi connectivity index (χ2n) is 4.82. The van der Waals surface area contributed by atoms with Crippen LogP contribution < -0.4 is 0 Å². The molecule has 1 aliphatic rings. The maximum absolute atomic E-state index is 12.9. The number of nitrogens with zero attached hydrogens (tertiary/aromatic N) is 1. The number of fused-ring (bicyclic) bond motifs is 1. The second-order valence-corrected chi connectivity index (χ2v) is 5.96. The molecule has 0 atom stereocenters. The Morgan fingerprint density at radius 1 is 1.35 bits per heavy atom. The summed E-state index contributed by atoms with van der Waals surface area (Å²) >= 11 is 1.50. The molecule has 2 heterocycles. The van der Waals surface area contributed by atoms with E-state index < -0.39 is 0 Å². The Labute approximate surface area is 120 Å². The largest absolute Gasteiger partial charge is 0.465 e. The lowest BCUT2D eigenvalue weighted by molar-refractivity contribution is 0.0606. The highest BCUT2D eigenvalue weighted by molar-refractivity contribution is 7.14. The van der Waals surface area contributed by atoms with Gasteiger partial charge < -0.3 is 4.74 Å². The third-order valence-electron chi connectivity index (χ3n) is 3.36. The third kappa shape index (κ3) is 2.59. The van der Waals surface area contributed by atoms with Crippen molar-refractivity contribution >= 4 is 17.3 Å². The monoisotopic (exact) mass is 291 g/mol. The highest BCUT2D eigenvalue weighted by atomic mass is 32.1. The molecule has 0 saturated heterocycles. The Kier molecular flexibility index (Phi) is 3.54. The topological polar surface area (TPSA) is 29.5 Å². The van der Waals surface area contributed by atoms with Gasteiger partial charge in [0, 0.05) is 24.5 Å². The summed E-state index contributed by atoms with van der Waals surface area (Å²) < 4.78 is 17.6. The smallest absolute Gasteiger partial charge is 0.348 e. The van der Waals surface area contributed by atoms with Crippen LogP contribution in [0, 0.1) is 5.82 Å². The third-order valence-corrected chi connectivity index (χ3v) is 4.51. The summed E-state index contributed by atoms with van der Waals surface area (Å²) in [7, 11) is 1.40. The van der Waals surface area contributed by atoms with E-state index in [9.17, 15) is 9.18 Å². The Hall–Kier alpha value is -1.72. The summed E-state index contributed by atoms with van der Waals surface area (Å²) in [5, 5.41) is 0. The first-order valence-corrected chi connectivity index (χ1v) is 7.14. The lowest BCUT2D eigenvalue weighted by Crippen LogP contribution is -2.15. The Morgan fingerprint density at radius 3 is 2.75 bits per heavy atom. The molecule has 0 fully saturated rings. The van der Waals surface area contributed by atoms with Crippen LogP contribution in [0.5, 0.6) is 0 Å². The molecule has 0 N–H and O–H groups in total. The van der Waals surface area contributed by atoms with Gasteiger partial charge in [0.2, 0.25) is 0 Å². The van der Waals surface area contributed by atoms with E-state index in [1.54, 1.807) is 0 Å². The number of benzene rings is 1. The van der Waals surface area contributed by atoms with Crippen LogP contribution in [0.3, 0.4) is 0 Å². The molecule has 5 heteroatoms. The van der Waals surface area contributed by atoms with E-state index in [4.69, 9.17) is 4.74 Å². The molecule has 1 aromatic carbocycles. The van der Waals surface area contributed by atoms with Crippen molar-refractivity contribution in [1.29, 1.82) is 0 Å². The maximum Gasteiger partial charge on any atom is 0.348 e. The molecule has 0 saturated carbocycles. The molecule has 2 aromatic rings. The fourth-order valence-electron chi connectivity index (χ4n) is 2.40. The van der Waals surface area contributed by atoms with Crippen molar-refractivity contribution in [3.63, 3.8) is 0 Å². The Bertz CT molecular complexity index is 612. The molecule has 0 radical (unpaired) electrons. The number of hydrogen-bond acceptors (Lipinski definition) is 4. The molecular formula is C15H14FNO2S. The average Bonchev–Trinajstić information content (AvgIpc) is 2.98. The first-order chi connectivity index (χ1) is 9.65. The van der Waals surface area contributed by atoms with Crippen LogP contribution in [0.25, 0.3) is 0 Å². The lowest BCUT2D eigenvalue weighted by atomic mass is 10.2. The Balaban J connectivity index is 1.67. The van der Waals surface area contributed by atoms with E-state index in [2.05, 4.69) is 4.90 Å². The summed E-state index contributed by atoms with van der Waals surface area (Å²) in [5.41, 5.74) is 2.28. The minimum Gasteiger partial charge on any atom is -0.465 e. The number of rotatable bonds is 3. The van der Waals surface area contributed by atoms with Gasteiger partial charge in [-0.05, 0) is 29.3 Å². The van der Waals surface area contributed by atoms with Gasteiger partial charge in [-0.15, -0.1) is 11.3 Å². The molecular weight excluding hydrogens is 277 g/mol. The van der Waals surface area contributed by atoms with E-state index in [1.807, 2.05) is 18.2 Å². The lowest BCUT2D eigenvalue weighted by Gasteiger charge is -2.14. The Morgan fingerprint density at radius 2 is 2.10 bits per heavy atom. The van der Waals surface area contributed by atoms with Gasteiger partial charge in [0.05, 0.1) is 7.11 Å². The summed E-state index contributed by atoms with van der Waals surface area (Å²) in [6, 6.07) is 8.49. The highest BCUT2D eigenvalue weighted by Gasteiger charge is 2.24. The molecule has 3 nitrogen and oxygen atoms in total. The molecule has 3 rings (SSSR count). The molecule has 0 unspecified atom stereocenters. The first-order valence-electron chi connectivity index (χ1n) is 6.32. The van der Waals surface area contributed by atoms with Crippen molar-refractivity contribution < 1.29 is 13.9 Å². The van der Waals surface area contributed by atoms with E-state index in [-0.39, 0.29) is 11.8 Å². The fourth-order valence-corrected chi connectivity index (χ4v) is 3.53. The predicted octanol–water partition coefficient (Wildman–Crippen LogP) is 3.19. The zero-order valence-electron chi connectivity index (χ0n) is 11.1. The number of carbonyl (C=O) groups is 1. The van der Waals surface area contributed by atoms with Crippen LogP contribution >= 0.6 is 11.3 Å². The van der Waals surface area contributed by atoms with Gasteiger partial charge in [0.25, 0.3) is 0 Å². The average molecular weight is 291 g/mol. The van der Waals surface area contributed by atoms with Crippen molar-refractivity contribution in [1.82, 2.24) is 4.90 Å². The number of ether oxygens (including phenoxy) is 1. The summed E-state index contributed by atoms with van der Waals surface area (Å²) in [5.74, 6) is -0.480. The molecule has 0 aliphatic carbocycles. The van der Waals surface area contributed by atoms with E-state index >= 15 is 0 Å². The van der Waals surface area contributed by atoms with Crippen LogP contribution in [0.2, 0.25) is 0 Å². The summed E-state index contributed by atoms with van der Waals surface area (Å²) in [4.78, 5) is 15.6. The van der Waals surface area contributed by atoms with Crippen molar-refractivity contribution in [3.05, 3.63) is 57.0 Å². The molecule has 0 bridgehead atoms. The zero-order valence-corrected chi connectivity index (χ0v) is 11.9. The number of hydrogen-bond donors (Lipinski definition) is 0. The normalized spacial score (nSPS) is 14.3. The molecule has 1 aromatic heterocycles. The van der Waals surface area contributed by atoms with Gasteiger partial charge in [-0.2, -0.15) is 0 Å². The van der Waals surface area contributed by atoms with E-state index in [0.29, 0.717) is 4.88 Å². The second kappa shape index (κ2) is 5.34. The van der Waals surface area contributed by atoms with Gasteiger partial charge in [-0.25, -0.2) is 9.18 Å². The van der Waals surface area contributed by atoms with Crippen LogP contribution in [0.15, 0.2) is 30.3 Å². The van der Waals surface area contributed by atoms with E-state index in [1.165, 1.54) is 41.0 Å². The van der Waals surface area contributed by atoms with Crippen molar-refractivity contribution in [2.24, 2.45) is 0 Å². The van der Waals surface area contributed by atoms with Gasteiger partial charge >= 0.3 is 5.97 Å². The summed E-state index contributed by atoms with van der Waals surface area (Å²) in [6.07, 6.45) is 0. The number of carbonyl (C=O) groups excluding carboxylic acids is 1. The van der Waals surface area contributed by atoms with Crippen molar-refractivity contribution in [2.45, 2.75) is 19.6 Å². The summed E-state index contributed by atoms with van der Waals surface area (Å²) in [6.45, 7) is 2.43. The SMILES string of the molecule is COC(=O)c1cc2c(s1)CN(Cc1ccc(F)cc1)C2. The number of esters is 1. The van der Waals surface area contributed by atoms with Crippen LogP contribution in [-0.2, 0) is 24.4 Å². The van der Waals surface area contributed by atoms with Crippen molar-refractivity contribution in [2.75, 3.05) is 7.11 Å².